The van der Waals surface area contributed by atoms with Crippen LogP contribution < -0.4 is 4.74 Å². The molecule has 1 aromatic rings. The van der Waals surface area contributed by atoms with E-state index in [2.05, 4.69) is 11.3 Å². The summed E-state index contributed by atoms with van der Waals surface area (Å²) in [7, 11) is 0. The number of carbonyl (C=O) groups is 2. The summed E-state index contributed by atoms with van der Waals surface area (Å²) >= 11 is 0. The fourth-order valence-electron chi connectivity index (χ4n) is 1.11. The van der Waals surface area contributed by atoms with E-state index >= 15 is 0 Å². The number of hydrogen-bond acceptors (Lipinski definition) is 3. The van der Waals surface area contributed by atoms with Crippen LogP contribution in [0.15, 0.2) is 24.8 Å². The third kappa shape index (κ3) is 2.43. The Balaban J connectivity index is 3.00. The van der Waals surface area contributed by atoms with Gasteiger partial charge in [-0.05, 0) is 24.1 Å². The molecular weight excluding hydrogens is 196 g/mol. The van der Waals surface area contributed by atoms with E-state index < -0.39 is 11.9 Å². The zero-order chi connectivity index (χ0) is 11.4. The summed E-state index contributed by atoms with van der Waals surface area (Å²) in [5.41, 5.74) is 1.48. The molecule has 0 amide bonds. The summed E-state index contributed by atoms with van der Waals surface area (Å²) < 4.78 is 4.66. The number of carboxylic acids is 1. The number of hydrogen-bond donors (Lipinski definition) is 1. The first-order valence-electron chi connectivity index (χ1n) is 4.23. The normalized spacial score (nSPS) is 9.40. The van der Waals surface area contributed by atoms with Crippen LogP contribution in [-0.4, -0.2) is 17.0 Å². The number of ether oxygens (including phenoxy) is 1. The third-order valence-corrected chi connectivity index (χ3v) is 1.92. The third-order valence-electron chi connectivity index (χ3n) is 1.92. The fraction of sp³-hybridized carbons (Fsp3) is 0.0909. The van der Waals surface area contributed by atoms with Crippen molar-refractivity contribution < 1.29 is 19.4 Å². The smallest absolute Gasteiger partial charge is 0.422 e. The average molecular weight is 206 g/mol. The maximum Gasteiger partial charge on any atom is 0.422 e. The van der Waals surface area contributed by atoms with E-state index in [1.54, 1.807) is 25.1 Å². The van der Waals surface area contributed by atoms with Crippen molar-refractivity contribution in [1.82, 2.24) is 0 Å². The molecule has 15 heavy (non-hydrogen) atoms. The molecule has 0 bridgehead atoms. The van der Waals surface area contributed by atoms with Crippen LogP contribution in [0.1, 0.15) is 11.1 Å². The molecule has 0 spiro atoms. The molecule has 78 valence electrons. The van der Waals surface area contributed by atoms with Gasteiger partial charge in [0.2, 0.25) is 0 Å². The van der Waals surface area contributed by atoms with E-state index in [9.17, 15) is 9.59 Å². The highest BCUT2D eigenvalue weighted by atomic mass is 16.6. The first kappa shape index (κ1) is 11.0. The Kier molecular flexibility index (Phi) is 3.23. The topological polar surface area (TPSA) is 63.6 Å². The van der Waals surface area contributed by atoms with E-state index in [-0.39, 0.29) is 5.75 Å². The second-order valence-corrected chi connectivity index (χ2v) is 2.87. The van der Waals surface area contributed by atoms with Crippen LogP contribution in [0.3, 0.4) is 0 Å². The van der Waals surface area contributed by atoms with Gasteiger partial charge in [0.15, 0.2) is 0 Å². The van der Waals surface area contributed by atoms with Crippen LogP contribution in [0, 0.1) is 6.92 Å². The highest BCUT2D eigenvalue weighted by molar-refractivity contribution is 6.29. The SMILES string of the molecule is C=Cc1cccc(OC(=O)C(=O)O)c1C. The molecular formula is C11H10O4. The van der Waals surface area contributed by atoms with Crippen molar-refractivity contribution in [3.8, 4) is 5.75 Å². The molecule has 1 rings (SSSR count). The minimum Gasteiger partial charge on any atom is -0.473 e. The van der Waals surface area contributed by atoms with Gasteiger partial charge in [0.25, 0.3) is 0 Å². The molecule has 1 N–H and O–H groups in total. The number of rotatable bonds is 2. The summed E-state index contributed by atoms with van der Waals surface area (Å²) in [5, 5.41) is 8.37. The maximum absolute atomic E-state index is 10.8. The monoisotopic (exact) mass is 206 g/mol. The lowest BCUT2D eigenvalue weighted by Gasteiger charge is -2.07. The standard InChI is InChI=1S/C11H10O4/c1-3-8-5-4-6-9(7(8)2)15-11(14)10(12)13/h3-6H,1H2,2H3,(H,12,13). The van der Waals surface area contributed by atoms with Gasteiger partial charge in [-0.3, -0.25) is 0 Å². The van der Waals surface area contributed by atoms with Gasteiger partial charge in [-0.1, -0.05) is 24.8 Å². The van der Waals surface area contributed by atoms with Gasteiger partial charge >= 0.3 is 11.9 Å². The zero-order valence-electron chi connectivity index (χ0n) is 8.19. The second kappa shape index (κ2) is 4.41. The van der Waals surface area contributed by atoms with Crippen molar-refractivity contribution in [1.29, 1.82) is 0 Å². The van der Waals surface area contributed by atoms with Crippen LogP contribution in [-0.2, 0) is 9.59 Å². The van der Waals surface area contributed by atoms with Crippen molar-refractivity contribution in [2.45, 2.75) is 6.92 Å². The molecule has 0 aliphatic rings. The molecule has 0 heterocycles. The molecule has 0 saturated heterocycles. The van der Waals surface area contributed by atoms with Crippen molar-refractivity contribution in [3.63, 3.8) is 0 Å². The van der Waals surface area contributed by atoms with E-state index in [0.717, 1.165) is 5.56 Å². The summed E-state index contributed by atoms with van der Waals surface area (Å²) in [5.74, 6) is -2.67. The summed E-state index contributed by atoms with van der Waals surface area (Å²) in [4.78, 5) is 21.1. The van der Waals surface area contributed by atoms with E-state index in [1.807, 2.05) is 0 Å². The predicted octanol–water partition coefficient (Wildman–Crippen LogP) is 1.63. The van der Waals surface area contributed by atoms with E-state index in [1.165, 1.54) is 6.07 Å². The molecule has 0 radical (unpaired) electrons. The lowest BCUT2D eigenvalue weighted by Crippen LogP contribution is -2.19. The summed E-state index contributed by atoms with van der Waals surface area (Å²) in [6.45, 7) is 5.31. The summed E-state index contributed by atoms with van der Waals surface area (Å²) in [6.07, 6.45) is 1.60. The molecule has 0 aromatic heterocycles. The molecule has 0 aliphatic heterocycles. The van der Waals surface area contributed by atoms with Gasteiger partial charge in [0.1, 0.15) is 5.75 Å². The Morgan fingerprint density at radius 3 is 2.67 bits per heavy atom. The highest BCUT2D eigenvalue weighted by Crippen LogP contribution is 2.22. The lowest BCUT2D eigenvalue weighted by atomic mass is 10.1. The Morgan fingerprint density at radius 2 is 2.13 bits per heavy atom. The van der Waals surface area contributed by atoms with Crippen molar-refractivity contribution in [3.05, 3.63) is 35.9 Å². The number of aliphatic carboxylic acids is 1. The Bertz CT molecular complexity index is 421. The quantitative estimate of drug-likeness (QED) is 0.453. The van der Waals surface area contributed by atoms with Gasteiger partial charge in [-0.2, -0.15) is 0 Å². The molecule has 0 unspecified atom stereocenters. The molecule has 0 fully saturated rings. The van der Waals surface area contributed by atoms with Crippen LogP contribution in [0.2, 0.25) is 0 Å². The minimum atomic E-state index is -1.61. The molecule has 1 aromatic carbocycles. The minimum absolute atomic E-state index is 0.236. The largest absolute Gasteiger partial charge is 0.473 e. The van der Waals surface area contributed by atoms with E-state index in [4.69, 9.17) is 5.11 Å². The Labute approximate surface area is 86.8 Å². The first-order valence-corrected chi connectivity index (χ1v) is 4.23. The molecule has 0 aliphatic carbocycles. The van der Waals surface area contributed by atoms with Gasteiger partial charge in [0, 0.05) is 0 Å². The van der Waals surface area contributed by atoms with Crippen LogP contribution >= 0.6 is 0 Å². The number of benzene rings is 1. The van der Waals surface area contributed by atoms with Crippen LogP contribution in [0.4, 0.5) is 0 Å². The van der Waals surface area contributed by atoms with Gasteiger partial charge < -0.3 is 9.84 Å². The molecule has 0 atom stereocenters. The lowest BCUT2D eigenvalue weighted by molar-refractivity contribution is -0.158. The highest BCUT2D eigenvalue weighted by Gasteiger charge is 2.15. The van der Waals surface area contributed by atoms with Crippen LogP contribution in [0.5, 0.6) is 5.75 Å². The predicted molar refractivity (Wildman–Crippen MR) is 54.5 cm³/mol. The van der Waals surface area contributed by atoms with Crippen molar-refractivity contribution in [2.24, 2.45) is 0 Å². The molecule has 0 saturated carbocycles. The number of carboxylic acid groups (broad SMARTS) is 1. The fourth-order valence-corrected chi connectivity index (χ4v) is 1.11. The van der Waals surface area contributed by atoms with E-state index in [0.29, 0.717) is 5.56 Å². The van der Waals surface area contributed by atoms with Crippen molar-refractivity contribution >= 4 is 18.0 Å². The molecule has 4 nitrogen and oxygen atoms in total. The van der Waals surface area contributed by atoms with Crippen molar-refractivity contribution in [2.75, 3.05) is 0 Å². The average Bonchev–Trinajstić information content (AvgIpc) is 2.21. The Hall–Kier alpha value is -2.10. The van der Waals surface area contributed by atoms with Crippen LogP contribution in [0.25, 0.3) is 6.08 Å². The van der Waals surface area contributed by atoms with Gasteiger partial charge in [-0.15, -0.1) is 0 Å². The number of carbonyl (C=O) groups excluding carboxylic acids is 1. The first-order chi connectivity index (χ1) is 7.06. The van der Waals surface area contributed by atoms with Gasteiger partial charge in [0.05, 0.1) is 0 Å². The zero-order valence-corrected chi connectivity index (χ0v) is 8.19. The Morgan fingerprint density at radius 1 is 1.47 bits per heavy atom. The second-order valence-electron chi connectivity index (χ2n) is 2.87. The molecule has 4 heteroatoms. The summed E-state index contributed by atoms with van der Waals surface area (Å²) in [6, 6.07) is 4.98. The maximum atomic E-state index is 10.8. The number of esters is 1. The van der Waals surface area contributed by atoms with Gasteiger partial charge in [-0.25, -0.2) is 9.59 Å².